The molecule has 0 fully saturated rings. The summed E-state index contributed by atoms with van der Waals surface area (Å²) in [5.41, 5.74) is 5.87. The molecular formula is C49H29N3O2. The lowest BCUT2D eigenvalue weighted by molar-refractivity contribution is 0.669. The van der Waals surface area contributed by atoms with Crippen LogP contribution in [0.4, 0.5) is 0 Å². The summed E-state index contributed by atoms with van der Waals surface area (Å²) in [7, 11) is 0. The maximum Gasteiger partial charge on any atom is 0.164 e. The zero-order chi connectivity index (χ0) is 43.4. The molecule has 54 heavy (non-hydrogen) atoms. The van der Waals surface area contributed by atoms with Crippen LogP contribution >= 0.6 is 0 Å². The zero-order valence-electron chi connectivity index (χ0n) is 37.2. The van der Waals surface area contributed by atoms with Gasteiger partial charge < -0.3 is 8.83 Å². The average molecular weight is 701 g/mol. The standard InChI is InChI=1S/C49H29N3O2/c1-3-12-30(13-4-1)33-17-9-18-34(28-33)47-50-48(35-25-26-38-43(29-35)53-41-22-10-20-36(44(38)41)31-14-5-2-6-15-31)52-49(51-47)40-21-11-23-42-45(40)39-27-24-32-16-7-8-19-37(32)46(39)54-42/h1-29H/i7D,8D,11D,16D,19D,21D,23D,24D,27D. The first-order valence-corrected chi connectivity index (χ1v) is 17.3. The van der Waals surface area contributed by atoms with Crippen LogP contribution in [0.3, 0.4) is 0 Å². The number of fused-ring (bicyclic) bond motifs is 8. The van der Waals surface area contributed by atoms with Gasteiger partial charge in [-0.3, -0.25) is 0 Å². The second-order valence-electron chi connectivity index (χ2n) is 12.9. The van der Waals surface area contributed by atoms with Crippen molar-refractivity contribution < 1.29 is 21.2 Å². The second-order valence-corrected chi connectivity index (χ2v) is 12.9. The molecule has 0 aliphatic carbocycles. The van der Waals surface area contributed by atoms with Gasteiger partial charge in [0.2, 0.25) is 0 Å². The van der Waals surface area contributed by atoms with Crippen molar-refractivity contribution in [1.82, 2.24) is 15.0 Å². The third-order valence-electron chi connectivity index (χ3n) is 9.68. The third-order valence-corrected chi connectivity index (χ3v) is 9.68. The molecule has 252 valence electrons. The molecule has 0 atom stereocenters. The fourth-order valence-corrected chi connectivity index (χ4v) is 7.17. The lowest BCUT2D eigenvalue weighted by atomic mass is 9.99. The maximum atomic E-state index is 9.36. The molecule has 5 nitrogen and oxygen atoms in total. The van der Waals surface area contributed by atoms with Crippen LogP contribution in [0.15, 0.2) is 185 Å². The van der Waals surface area contributed by atoms with E-state index in [9.17, 15) is 2.74 Å². The predicted octanol–water partition coefficient (Wildman–Crippen LogP) is 13.2. The van der Waals surface area contributed by atoms with Crippen molar-refractivity contribution in [2.75, 3.05) is 0 Å². The minimum absolute atomic E-state index is 0.00822. The molecule has 0 bridgehead atoms. The highest BCUT2D eigenvalue weighted by Gasteiger charge is 2.20. The molecule has 0 N–H and O–H groups in total. The van der Waals surface area contributed by atoms with Gasteiger partial charge in [0.15, 0.2) is 17.5 Å². The van der Waals surface area contributed by atoms with E-state index in [1.165, 1.54) is 0 Å². The highest BCUT2D eigenvalue weighted by molar-refractivity contribution is 6.19. The van der Waals surface area contributed by atoms with Crippen molar-refractivity contribution in [3.63, 3.8) is 0 Å². The molecule has 8 aromatic carbocycles. The van der Waals surface area contributed by atoms with Crippen molar-refractivity contribution in [3.05, 3.63) is 176 Å². The highest BCUT2D eigenvalue weighted by Crippen LogP contribution is 2.41. The lowest BCUT2D eigenvalue weighted by Gasteiger charge is -2.10. The summed E-state index contributed by atoms with van der Waals surface area (Å²) in [6.07, 6.45) is 0. The van der Waals surface area contributed by atoms with E-state index >= 15 is 0 Å². The topological polar surface area (TPSA) is 65.0 Å². The quantitative estimate of drug-likeness (QED) is 0.179. The minimum atomic E-state index is -0.571. The molecule has 11 rings (SSSR count). The van der Waals surface area contributed by atoms with Crippen molar-refractivity contribution >= 4 is 54.6 Å². The van der Waals surface area contributed by atoms with Gasteiger partial charge in [0.25, 0.3) is 0 Å². The van der Waals surface area contributed by atoms with Gasteiger partial charge in [-0.25, -0.2) is 15.0 Å². The van der Waals surface area contributed by atoms with E-state index < -0.39 is 54.4 Å². The van der Waals surface area contributed by atoms with Crippen molar-refractivity contribution in [2.24, 2.45) is 0 Å². The SMILES string of the molecule is [2H]c1c([2H])c(-c2nc(-c3cccc(-c4ccccc4)c3)nc(-c3ccc4c(c3)oc3cccc(-c5ccccc5)c34)n2)c2c(oc3c4c([2H])c([2H])c([2H])c([2H])c4c([2H])c([2H])c32)c1[2H]. The molecule has 0 unspecified atom stereocenters. The summed E-state index contributed by atoms with van der Waals surface area (Å²) in [5.74, 6) is 0.334. The van der Waals surface area contributed by atoms with Crippen molar-refractivity contribution in [2.45, 2.75) is 0 Å². The fraction of sp³-hybridized carbons (Fsp3) is 0. The van der Waals surface area contributed by atoms with Crippen LogP contribution in [-0.4, -0.2) is 15.0 Å². The van der Waals surface area contributed by atoms with Gasteiger partial charge in [0, 0.05) is 43.6 Å². The van der Waals surface area contributed by atoms with Gasteiger partial charge in [-0.1, -0.05) is 139 Å². The van der Waals surface area contributed by atoms with Gasteiger partial charge in [-0.2, -0.15) is 0 Å². The van der Waals surface area contributed by atoms with E-state index in [2.05, 4.69) is 18.2 Å². The molecule has 0 amide bonds. The molecule has 0 aliphatic rings. The first-order valence-electron chi connectivity index (χ1n) is 21.8. The minimum Gasteiger partial charge on any atom is -0.456 e. The van der Waals surface area contributed by atoms with Gasteiger partial charge in [0.1, 0.15) is 22.3 Å². The lowest BCUT2D eigenvalue weighted by Crippen LogP contribution is -2.00. The van der Waals surface area contributed by atoms with E-state index in [1.807, 2.05) is 103 Å². The molecule has 3 aromatic heterocycles. The third kappa shape index (κ3) is 4.90. The molecule has 0 saturated carbocycles. The average Bonchev–Trinajstić information content (AvgIpc) is 3.90. The number of rotatable bonds is 5. The molecule has 0 saturated heterocycles. The Kier molecular flexibility index (Phi) is 5.06. The Morgan fingerprint density at radius 3 is 1.94 bits per heavy atom. The summed E-state index contributed by atoms with van der Waals surface area (Å²) < 4.78 is 92.3. The first kappa shape index (κ1) is 22.5. The van der Waals surface area contributed by atoms with E-state index in [-0.39, 0.29) is 55.7 Å². The van der Waals surface area contributed by atoms with Gasteiger partial charge >= 0.3 is 0 Å². The van der Waals surface area contributed by atoms with Crippen LogP contribution in [0.2, 0.25) is 0 Å². The summed E-state index contributed by atoms with van der Waals surface area (Å²) in [5, 5.41) is 1.37. The van der Waals surface area contributed by atoms with E-state index in [0.717, 1.165) is 33.0 Å². The van der Waals surface area contributed by atoms with E-state index in [1.54, 1.807) is 0 Å². The van der Waals surface area contributed by atoms with Gasteiger partial charge in [-0.05, 0) is 64.0 Å². The Morgan fingerprint density at radius 1 is 0.389 bits per heavy atom. The Labute approximate surface area is 322 Å². The summed E-state index contributed by atoms with van der Waals surface area (Å²) >= 11 is 0. The molecule has 3 heterocycles. The predicted molar refractivity (Wildman–Crippen MR) is 219 cm³/mol. The highest BCUT2D eigenvalue weighted by atomic mass is 16.3. The van der Waals surface area contributed by atoms with Gasteiger partial charge in [-0.15, -0.1) is 0 Å². The molecule has 0 aliphatic heterocycles. The zero-order valence-corrected chi connectivity index (χ0v) is 28.2. The molecule has 5 heteroatoms. The Morgan fingerprint density at radius 2 is 1.09 bits per heavy atom. The smallest absolute Gasteiger partial charge is 0.164 e. The van der Waals surface area contributed by atoms with Crippen LogP contribution in [0.1, 0.15) is 12.3 Å². The maximum absolute atomic E-state index is 9.36. The monoisotopic (exact) mass is 700 g/mol. The number of hydrogen-bond acceptors (Lipinski definition) is 5. The van der Waals surface area contributed by atoms with Crippen LogP contribution in [0.25, 0.3) is 111 Å². The number of hydrogen-bond donors (Lipinski definition) is 0. The normalized spacial score (nSPS) is 14.0. The Balaban J connectivity index is 1.21. The Bertz CT molecular complexity index is 3740. The molecule has 0 radical (unpaired) electrons. The summed E-state index contributed by atoms with van der Waals surface area (Å²) in [4.78, 5) is 14.9. The van der Waals surface area contributed by atoms with Crippen molar-refractivity contribution in [1.29, 1.82) is 0 Å². The van der Waals surface area contributed by atoms with Gasteiger partial charge in [0.05, 0.1) is 12.3 Å². The number of aromatic nitrogens is 3. The summed E-state index contributed by atoms with van der Waals surface area (Å²) in [6.45, 7) is 0. The number of benzene rings is 8. The van der Waals surface area contributed by atoms with Crippen LogP contribution in [-0.2, 0) is 0 Å². The first-order chi connectivity index (χ1) is 30.5. The summed E-state index contributed by atoms with van der Waals surface area (Å²) in [6, 6.07) is 34.6. The second kappa shape index (κ2) is 12.1. The molecule has 0 spiro atoms. The van der Waals surface area contributed by atoms with Crippen LogP contribution in [0, 0.1) is 0 Å². The van der Waals surface area contributed by atoms with E-state index in [4.69, 9.17) is 33.4 Å². The Hall–Kier alpha value is -7.37. The van der Waals surface area contributed by atoms with Crippen LogP contribution in [0.5, 0.6) is 0 Å². The molecular weight excluding hydrogens is 663 g/mol. The van der Waals surface area contributed by atoms with E-state index in [0.29, 0.717) is 22.3 Å². The fourth-order valence-electron chi connectivity index (χ4n) is 7.17. The van der Waals surface area contributed by atoms with Crippen molar-refractivity contribution in [3.8, 4) is 56.4 Å². The molecule has 11 aromatic rings. The largest absolute Gasteiger partial charge is 0.456 e. The number of furan rings is 2. The number of nitrogens with zero attached hydrogens (tertiary/aromatic N) is 3. The van der Waals surface area contributed by atoms with Crippen LogP contribution < -0.4 is 0 Å².